The molecule has 0 bridgehead atoms. The number of aliphatic hydroxyl groups is 1. The van der Waals surface area contributed by atoms with E-state index in [2.05, 4.69) is 5.32 Å². The van der Waals surface area contributed by atoms with Gasteiger partial charge >= 0.3 is 0 Å². The number of halogens is 2. The third kappa shape index (κ3) is 5.82. The first kappa shape index (κ1) is 13.2. The number of aliphatic hydroxyl groups excluding tert-OH is 1. The second-order valence-corrected chi connectivity index (χ2v) is 3.08. The zero-order valence-corrected chi connectivity index (χ0v) is 8.04. The van der Waals surface area contributed by atoms with Crippen molar-refractivity contribution < 1.29 is 18.7 Å². The molecule has 2 atom stereocenters. The fraction of sp³-hybridized carbons (Fsp3) is 0.875. The number of hydrogen-bond donors (Lipinski definition) is 3. The quantitative estimate of drug-likeness (QED) is 0.571. The summed E-state index contributed by atoms with van der Waals surface area (Å²) in [5.74, 6) is -0.418. The van der Waals surface area contributed by atoms with E-state index < -0.39 is 25.0 Å². The number of carbonyl (C=O) groups excluding carboxylic acids is 1. The van der Waals surface area contributed by atoms with E-state index in [-0.39, 0.29) is 12.5 Å². The molecule has 0 aromatic heterocycles. The van der Waals surface area contributed by atoms with Gasteiger partial charge in [0.05, 0.1) is 0 Å². The summed E-state index contributed by atoms with van der Waals surface area (Å²) in [5, 5.41) is 10.9. The molecular weight excluding hydrogens is 194 g/mol. The predicted octanol–water partition coefficient (Wildman–Crippen LogP) is -0.144. The van der Waals surface area contributed by atoms with E-state index >= 15 is 0 Å². The Bertz CT molecular complexity index is 179. The highest BCUT2D eigenvalue weighted by Crippen LogP contribution is 1.99. The number of nitrogens with one attached hydrogen (secondary N) is 1. The van der Waals surface area contributed by atoms with Gasteiger partial charge in [0.2, 0.25) is 5.91 Å². The summed E-state index contributed by atoms with van der Waals surface area (Å²) in [5.41, 5.74) is 5.47. The van der Waals surface area contributed by atoms with Crippen LogP contribution in [0.2, 0.25) is 0 Å². The SMILES string of the molecule is CCC(N)CC(=O)NCC(O)C(F)F. The fourth-order valence-electron chi connectivity index (χ4n) is 0.762. The summed E-state index contributed by atoms with van der Waals surface area (Å²) in [4.78, 5) is 11.0. The van der Waals surface area contributed by atoms with Crippen LogP contribution < -0.4 is 11.1 Å². The number of carbonyl (C=O) groups is 1. The summed E-state index contributed by atoms with van der Waals surface area (Å²) in [6.07, 6.45) is -3.91. The first-order valence-corrected chi connectivity index (χ1v) is 4.45. The van der Waals surface area contributed by atoms with Crippen molar-refractivity contribution in [1.82, 2.24) is 5.32 Å². The van der Waals surface area contributed by atoms with Crippen LogP contribution >= 0.6 is 0 Å². The van der Waals surface area contributed by atoms with Gasteiger partial charge in [-0.2, -0.15) is 0 Å². The molecule has 0 spiro atoms. The number of amides is 1. The molecule has 0 fully saturated rings. The second kappa shape index (κ2) is 6.67. The summed E-state index contributed by atoms with van der Waals surface area (Å²) < 4.78 is 23.6. The van der Waals surface area contributed by atoms with Crippen molar-refractivity contribution >= 4 is 5.91 Å². The molecule has 2 unspecified atom stereocenters. The zero-order valence-electron chi connectivity index (χ0n) is 8.04. The van der Waals surface area contributed by atoms with Crippen molar-refractivity contribution in [2.75, 3.05) is 6.54 Å². The maximum absolute atomic E-state index is 11.8. The first-order valence-electron chi connectivity index (χ1n) is 4.45. The van der Waals surface area contributed by atoms with Gasteiger partial charge in [-0.25, -0.2) is 8.78 Å². The number of rotatable bonds is 6. The van der Waals surface area contributed by atoms with E-state index in [0.717, 1.165) is 0 Å². The predicted molar refractivity (Wildman–Crippen MR) is 47.9 cm³/mol. The molecule has 1 amide bonds. The van der Waals surface area contributed by atoms with E-state index in [0.29, 0.717) is 6.42 Å². The van der Waals surface area contributed by atoms with Crippen molar-refractivity contribution in [3.8, 4) is 0 Å². The van der Waals surface area contributed by atoms with E-state index in [1.807, 2.05) is 6.92 Å². The third-order valence-electron chi connectivity index (χ3n) is 1.77. The molecule has 0 aliphatic heterocycles. The van der Waals surface area contributed by atoms with Crippen LogP contribution in [0, 0.1) is 0 Å². The average molecular weight is 210 g/mol. The lowest BCUT2D eigenvalue weighted by Gasteiger charge is -2.12. The molecule has 14 heavy (non-hydrogen) atoms. The third-order valence-corrected chi connectivity index (χ3v) is 1.77. The highest BCUT2D eigenvalue weighted by molar-refractivity contribution is 5.76. The molecule has 6 heteroatoms. The minimum Gasteiger partial charge on any atom is -0.385 e. The number of nitrogens with two attached hydrogens (primary N) is 1. The molecule has 0 aliphatic rings. The minimum atomic E-state index is -2.84. The first-order chi connectivity index (χ1) is 6.47. The lowest BCUT2D eigenvalue weighted by atomic mass is 10.1. The lowest BCUT2D eigenvalue weighted by Crippen LogP contribution is -2.38. The number of alkyl halides is 2. The zero-order chi connectivity index (χ0) is 11.1. The fourth-order valence-corrected chi connectivity index (χ4v) is 0.762. The highest BCUT2D eigenvalue weighted by Gasteiger charge is 2.17. The molecule has 0 aromatic carbocycles. The van der Waals surface area contributed by atoms with Crippen molar-refractivity contribution in [3.05, 3.63) is 0 Å². The molecule has 4 N–H and O–H groups in total. The van der Waals surface area contributed by atoms with E-state index in [1.165, 1.54) is 0 Å². The average Bonchev–Trinajstić information content (AvgIpc) is 2.13. The van der Waals surface area contributed by atoms with Gasteiger partial charge in [0, 0.05) is 19.0 Å². The van der Waals surface area contributed by atoms with Crippen molar-refractivity contribution in [3.63, 3.8) is 0 Å². The largest absolute Gasteiger partial charge is 0.385 e. The molecule has 0 aromatic rings. The number of hydrogen-bond acceptors (Lipinski definition) is 3. The summed E-state index contributed by atoms with van der Waals surface area (Å²) in [6, 6.07) is -0.265. The Kier molecular flexibility index (Phi) is 6.31. The van der Waals surface area contributed by atoms with Gasteiger partial charge in [0.15, 0.2) is 0 Å². The Hall–Kier alpha value is -0.750. The molecule has 84 valence electrons. The van der Waals surface area contributed by atoms with Gasteiger partial charge in [-0.15, -0.1) is 0 Å². The minimum absolute atomic E-state index is 0.0897. The van der Waals surface area contributed by atoms with Gasteiger partial charge in [0.1, 0.15) is 6.10 Å². The maximum atomic E-state index is 11.8. The Morgan fingerprint density at radius 1 is 1.57 bits per heavy atom. The second-order valence-electron chi connectivity index (χ2n) is 3.08. The van der Waals surface area contributed by atoms with Gasteiger partial charge in [-0.3, -0.25) is 4.79 Å². The molecule has 4 nitrogen and oxygen atoms in total. The van der Waals surface area contributed by atoms with Crippen molar-refractivity contribution in [1.29, 1.82) is 0 Å². The van der Waals surface area contributed by atoms with Crippen LogP contribution in [0.25, 0.3) is 0 Å². The van der Waals surface area contributed by atoms with Gasteiger partial charge < -0.3 is 16.2 Å². The maximum Gasteiger partial charge on any atom is 0.265 e. The molecule has 0 radical (unpaired) electrons. The standard InChI is InChI=1S/C8H16F2N2O2/c1-2-5(11)3-7(14)12-4-6(13)8(9)10/h5-6,8,13H,2-4,11H2,1H3,(H,12,14). The van der Waals surface area contributed by atoms with Gasteiger partial charge in [-0.1, -0.05) is 6.92 Å². The van der Waals surface area contributed by atoms with Crippen LogP contribution in [0.15, 0.2) is 0 Å². The van der Waals surface area contributed by atoms with Crippen molar-refractivity contribution in [2.45, 2.75) is 38.3 Å². The van der Waals surface area contributed by atoms with Crippen LogP contribution in [0.5, 0.6) is 0 Å². The Balaban J connectivity index is 3.64. The summed E-state index contributed by atoms with van der Waals surface area (Å²) in [6.45, 7) is 1.39. The molecule has 0 aliphatic carbocycles. The Morgan fingerprint density at radius 3 is 2.57 bits per heavy atom. The van der Waals surface area contributed by atoms with Crippen LogP contribution in [0.3, 0.4) is 0 Å². The van der Waals surface area contributed by atoms with E-state index in [4.69, 9.17) is 10.8 Å². The van der Waals surface area contributed by atoms with Crippen LogP contribution in [0.4, 0.5) is 8.78 Å². The Labute approximate surface area is 81.5 Å². The van der Waals surface area contributed by atoms with Crippen LogP contribution in [-0.4, -0.2) is 36.1 Å². The van der Waals surface area contributed by atoms with Gasteiger partial charge in [0.25, 0.3) is 6.43 Å². The molecule has 0 saturated heterocycles. The lowest BCUT2D eigenvalue weighted by molar-refractivity contribution is -0.122. The molecular formula is C8H16F2N2O2. The molecule has 0 rings (SSSR count). The topological polar surface area (TPSA) is 75.4 Å². The molecule has 0 saturated carbocycles. The van der Waals surface area contributed by atoms with Gasteiger partial charge in [-0.05, 0) is 6.42 Å². The monoisotopic (exact) mass is 210 g/mol. The Morgan fingerprint density at radius 2 is 2.14 bits per heavy atom. The van der Waals surface area contributed by atoms with Crippen LogP contribution in [0.1, 0.15) is 19.8 Å². The van der Waals surface area contributed by atoms with E-state index in [1.54, 1.807) is 0 Å². The smallest absolute Gasteiger partial charge is 0.265 e. The highest BCUT2D eigenvalue weighted by atomic mass is 19.3. The summed E-state index contributed by atoms with van der Waals surface area (Å²) in [7, 11) is 0. The normalized spacial score (nSPS) is 15.3. The van der Waals surface area contributed by atoms with E-state index in [9.17, 15) is 13.6 Å². The molecule has 0 heterocycles. The summed E-state index contributed by atoms with van der Waals surface area (Å²) >= 11 is 0. The van der Waals surface area contributed by atoms with Crippen molar-refractivity contribution in [2.24, 2.45) is 5.73 Å². The van der Waals surface area contributed by atoms with Crippen LogP contribution in [-0.2, 0) is 4.79 Å².